The molecule has 1 amide bonds. The van der Waals surface area contributed by atoms with Gasteiger partial charge in [-0.25, -0.2) is 8.78 Å². The average molecular weight is 382 g/mol. The number of nitrogens with zero attached hydrogens (tertiary/aromatic N) is 1. The summed E-state index contributed by atoms with van der Waals surface area (Å²) in [7, 11) is 0. The maximum absolute atomic E-state index is 13.3. The maximum Gasteiger partial charge on any atom is 0.278 e. The molecular formula is C20H16F2N4O2. The molecule has 0 radical (unpaired) electrons. The van der Waals surface area contributed by atoms with Crippen LogP contribution in [0.4, 0.5) is 20.2 Å². The van der Waals surface area contributed by atoms with Gasteiger partial charge in [-0.15, -0.1) is 0 Å². The maximum atomic E-state index is 13.3. The standard InChI is InChI=1S/C20H16F2N4O2/c21-12-7-13(22)9-16(8-12)28-15-5-6-18(24)17(10-15)19(25)26-20(27)11-1-3-14(23)4-2-11/h1-10H,23-24H2,(H2,25,26,27). The molecule has 0 aliphatic rings. The molecule has 0 fully saturated rings. The first kappa shape index (κ1) is 18.8. The smallest absolute Gasteiger partial charge is 0.278 e. The predicted molar refractivity (Wildman–Crippen MR) is 103 cm³/mol. The van der Waals surface area contributed by atoms with Crippen LogP contribution in [-0.2, 0) is 0 Å². The van der Waals surface area contributed by atoms with E-state index < -0.39 is 17.5 Å². The van der Waals surface area contributed by atoms with E-state index in [2.05, 4.69) is 4.99 Å². The number of aliphatic imine (C=N–C) groups is 1. The number of rotatable bonds is 4. The summed E-state index contributed by atoms with van der Waals surface area (Å²) in [6.45, 7) is 0. The predicted octanol–water partition coefficient (Wildman–Crippen LogP) is 3.47. The molecule has 0 bridgehead atoms. The zero-order chi connectivity index (χ0) is 20.3. The van der Waals surface area contributed by atoms with E-state index in [0.29, 0.717) is 11.3 Å². The Morgan fingerprint density at radius 3 is 2.14 bits per heavy atom. The number of amidine groups is 1. The van der Waals surface area contributed by atoms with Crippen LogP contribution in [0, 0.1) is 11.6 Å². The van der Waals surface area contributed by atoms with Gasteiger partial charge in [-0.3, -0.25) is 4.79 Å². The number of nitrogens with two attached hydrogens (primary N) is 3. The highest BCUT2D eigenvalue weighted by atomic mass is 19.1. The largest absolute Gasteiger partial charge is 0.457 e. The van der Waals surface area contributed by atoms with E-state index >= 15 is 0 Å². The van der Waals surface area contributed by atoms with Crippen molar-refractivity contribution in [2.75, 3.05) is 11.5 Å². The van der Waals surface area contributed by atoms with Crippen LogP contribution in [0.2, 0.25) is 0 Å². The Kier molecular flexibility index (Phi) is 5.21. The van der Waals surface area contributed by atoms with Crippen LogP contribution in [0.3, 0.4) is 0 Å². The van der Waals surface area contributed by atoms with E-state index in [1.54, 1.807) is 12.1 Å². The molecule has 0 spiro atoms. The minimum Gasteiger partial charge on any atom is -0.457 e. The molecule has 0 saturated heterocycles. The lowest BCUT2D eigenvalue weighted by Crippen LogP contribution is -2.17. The van der Waals surface area contributed by atoms with Gasteiger partial charge in [0.2, 0.25) is 0 Å². The number of halogens is 2. The summed E-state index contributed by atoms with van der Waals surface area (Å²) < 4.78 is 32.1. The highest BCUT2D eigenvalue weighted by molar-refractivity contribution is 6.11. The second-order valence-electron chi connectivity index (χ2n) is 5.88. The number of hydrogen-bond acceptors (Lipinski definition) is 4. The quantitative estimate of drug-likeness (QED) is 0.363. The Hall–Kier alpha value is -3.94. The summed E-state index contributed by atoms with van der Waals surface area (Å²) in [5.74, 6) is -2.08. The van der Waals surface area contributed by atoms with E-state index in [4.69, 9.17) is 21.9 Å². The third kappa shape index (κ3) is 4.42. The summed E-state index contributed by atoms with van der Waals surface area (Å²) in [5.41, 5.74) is 18.7. The first-order valence-electron chi connectivity index (χ1n) is 8.10. The van der Waals surface area contributed by atoms with Crippen molar-refractivity contribution < 1.29 is 18.3 Å². The molecule has 6 N–H and O–H groups in total. The van der Waals surface area contributed by atoms with Gasteiger partial charge in [0.25, 0.3) is 5.91 Å². The molecule has 0 aliphatic carbocycles. The minimum absolute atomic E-state index is 0.0401. The van der Waals surface area contributed by atoms with Gasteiger partial charge in [0.05, 0.1) is 0 Å². The fourth-order valence-corrected chi connectivity index (χ4v) is 2.40. The Bertz CT molecular complexity index is 1050. The molecular weight excluding hydrogens is 366 g/mol. The summed E-state index contributed by atoms with van der Waals surface area (Å²) >= 11 is 0. The molecule has 142 valence electrons. The van der Waals surface area contributed by atoms with Crippen LogP contribution in [0.25, 0.3) is 0 Å². The number of carbonyl (C=O) groups excluding carboxylic acids is 1. The van der Waals surface area contributed by atoms with Crippen molar-refractivity contribution in [1.82, 2.24) is 0 Å². The van der Waals surface area contributed by atoms with Crippen LogP contribution >= 0.6 is 0 Å². The molecule has 0 aliphatic heterocycles. The van der Waals surface area contributed by atoms with Crippen molar-refractivity contribution in [2.45, 2.75) is 0 Å². The normalized spacial score (nSPS) is 11.3. The number of nitrogen functional groups attached to an aromatic ring is 2. The third-order valence-electron chi connectivity index (χ3n) is 3.75. The summed E-state index contributed by atoms with van der Waals surface area (Å²) in [6, 6.07) is 13.4. The van der Waals surface area contributed by atoms with Gasteiger partial charge in [0, 0.05) is 40.7 Å². The first-order chi connectivity index (χ1) is 13.3. The Morgan fingerprint density at radius 2 is 1.50 bits per heavy atom. The molecule has 0 aromatic heterocycles. The zero-order valence-corrected chi connectivity index (χ0v) is 14.5. The van der Waals surface area contributed by atoms with Crippen LogP contribution in [-0.4, -0.2) is 11.7 Å². The number of carbonyl (C=O) groups is 1. The first-order valence-corrected chi connectivity index (χ1v) is 8.10. The molecule has 0 unspecified atom stereocenters. The SMILES string of the molecule is NC(=NC(=O)c1ccc(N)cc1)c1cc(Oc2cc(F)cc(F)c2)ccc1N. The number of amides is 1. The van der Waals surface area contributed by atoms with Gasteiger partial charge < -0.3 is 21.9 Å². The number of ether oxygens (including phenoxy) is 1. The molecule has 3 rings (SSSR count). The summed E-state index contributed by atoms with van der Waals surface area (Å²) in [6.07, 6.45) is 0. The minimum atomic E-state index is -0.777. The van der Waals surface area contributed by atoms with Gasteiger partial charge in [0.15, 0.2) is 0 Å². The average Bonchev–Trinajstić information content (AvgIpc) is 2.63. The van der Waals surface area contributed by atoms with Gasteiger partial charge in [-0.1, -0.05) is 0 Å². The van der Waals surface area contributed by atoms with Gasteiger partial charge in [-0.05, 0) is 42.5 Å². The van der Waals surface area contributed by atoms with E-state index in [0.717, 1.165) is 18.2 Å². The molecule has 3 aromatic rings. The molecule has 6 nitrogen and oxygen atoms in total. The molecule has 3 aromatic carbocycles. The summed E-state index contributed by atoms with van der Waals surface area (Å²) in [4.78, 5) is 16.1. The summed E-state index contributed by atoms with van der Waals surface area (Å²) in [5, 5.41) is 0. The van der Waals surface area contributed by atoms with Crippen molar-refractivity contribution >= 4 is 23.1 Å². The van der Waals surface area contributed by atoms with E-state index in [9.17, 15) is 13.6 Å². The van der Waals surface area contributed by atoms with Crippen molar-refractivity contribution in [3.05, 3.63) is 83.4 Å². The monoisotopic (exact) mass is 382 g/mol. The van der Waals surface area contributed by atoms with E-state index in [1.165, 1.54) is 30.3 Å². The Labute approximate surface area is 159 Å². The lowest BCUT2D eigenvalue weighted by atomic mass is 10.1. The van der Waals surface area contributed by atoms with Crippen molar-refractivity contribution in [3.8, 4) is 11.5 Å². The van der Waals surface area contributed by atoms with Gasteiger partial charge in [-0.2, -0.15) is 4.99 Å². The number of benzene rings is 3. The third-order valence-corrected chi connectivity index (χ3v) is 3.75. The second-order valence-corrected chi connectivity index (χ2v) is 5.88. The van der Waals surface area contributed by atoms with Crippen molar-refractivity contribution in [1.29, 1.82) is 0 Å². The van der Waals surface area contributed by atoms with Crippen LogP contribution in [0.5, 0.6) is 11.5 Å². The van der Waals surface area contributed by atoms with Crippen LogP contribution in [0.1, 0.15) is 15.9 Å². The molecule has 0 heterocycles. The zero-order valence-electron chi connectivity index (χ0n) is 14.5. The lowest BCUT2D eigenvalue weighted by molar-refractivity contribution is 0.100. The topological polar surface area (TPSA) is 117 Å². The number of anilines is 2. The molecule has 0 saturated carbocycles. The lowest BCUT2D eigenvalue weighted by Gasteiger charge is -2.10. The fraction of sp³-hybridized carbons (Fsp3) is 0. The van der Waals surface area contributed by atoms with Gasteiger partial charge in [0.1, 0.15) is 29.0 Å². The van der Waals surface area contributed by atoms with E-state index in [-0.39, 0.29) is 28.6 Å². The highest BCUT2D eigenvalue weighted by Gasteiger charge is 2.11. The van der Waals surface area contributed by atoms with Gasteiger partial charge >= 0.3 is 0 Å². The molecule has 8 heteroatoms. The molecule has 28 heavy (non-hydrogen) atoms. The van der Waals surface area contributed by atoms with Crippen LogP contribution in [0.15, 0.2) is 65.7 Å². The molecule has 0 atom stereocenters. The fourth-order valence-electron chi connectivity index (χ4n) is 2.40. The Balaban J connectivity index is 1.87. The highest BCUT2D eigenvalue weighted by Crippen LogP contribution is 2.26. The van der Waals surface area contributed by atoms with E-state index in [1.807, 2.05) is 0 Å². The van der Waals surface area contributed by atoms with Crippen LogP contribution < -0.4 is 21.9 Å². The Morgan fingerprint density at radius 1 is 0.857 bits per heavy atom. The van der Waals surface area contributed by atoms with Crippen molar-refractivity contribution in [2.24, 2.45) is 10.7 Å². The van der Waals surface area contributed by atoms with Crippen molar-refractivity contribution in [3.63, 3.8) is 0 Å². The number of hydrogen-bond donors (Lipinski definition) is 3. The second kappa shape index (κ2) is 7.75.